The molecular formula is C22H23N9O. The fourth-order valence-electron chi connectivity index (χ4n) is 3.98. The van der Waals surface area contributed by atoms with E-state index in [0.29, 0.717) is 24.7 Å². The van der Waals surface area contributed by atoms with Gasteiger partial charge in [0.15, 0.2) is 5.96 Å². The van der Waals surface area contributed by atoms with Crippen LogP contribution in [-0.4, -0.2) is 53.6 Å². The van der Waals surface area contributed by atoms with Gasteiger partial charge in [-0.25, -0.2) is 4.68 Å². The van der Waals surface area contributed by atoms with Crippen molar-refractivity contribution < 1.29 is 4.52 Å². The Balaban J connectivity index is 1.24. The van der Waals surface area contributed by atoms with Crippen molar-refractivity contribution in [2.75, 3.05) is 6.54 Å². The molecule has 0 saturated carbocycles. The molecule has 10 nitrogen and oxygen atoms in total. The second-order valence-corrected chi connectivity index (χ2v) is 7.80. The minimum absolute atomic E-state index is 0.0994. The van der Waals surface area contributed by atoms with Gasteiger partial charge in [0.1, 0.15) is 5.69 Å². The maximum atomic E-state index is 7.70. The van der Waals surface area contributed by atoms with E-state index in [1.807, 2.05) is 53.6 Å². The SMILES string of the molecule is N=C(N)N1CCCC1Cc1nc(-c2ccc(Cn3cc(-c4ccccn4)nn3)cc2)no1. The summed E-state index contributed by atoms with van der Waals surface area (Å²) in [6.07, 6.45) is 6.20. The van der Waals surface area contributed by atoms with E-state index < -0.39 is 0 Å². The molecule has 1 atom stereocenters. The van der Waals surface area contributed by atoms with Crippen molar-refractivity contribution in [1.82, 2.24) is 35.0 Å². The third-order valence-electron chi connectivity index (χ3n) is 5.59. The predicted octanol–water partition coefficient (Wildman–Crippen LogP) is 2.34. The van der Waals surface area contributed by atoms with Crippen LogP contribution in [0.1, 0.15) is 24.3 Å². The molecule has 3 N–H and O–H groups in total. The average Bonchev–Trinajstić information content (AvgIpc) is 3.57. The average molecular weight is 429 g/mol. The molecule has 5 rings (SSSR count). The number of hydrogen-bond acceptors (Lipinski definition) is 7. The highest BCUT2D eigenvalue weighted by Crippen LogP contribution is 2.22. The van der Waals surface area contributed by atoms with Gasteiger partial charge in [0.2, 0.25) is 11.7 Å². The molecule has 0 bridgehead atoms. The molecule has 0 spiro atoms. The number of rotatable bonds is 6. The predicted molar refractivity (Wildman–Crippen MR) is 117 cm³/mol. The van der Waals surface area contributed by atoms with E-state index >= 15 is 0 Å². The summed E-state index contributed by atoms with van der Waals surface area (Å²) in [7, 11) is 0. The minimum Gasteiger partial charge on any atom is -0.370 e. The highest BCUT2D eigenvalue weighted by Gasteiger charge is 2.27. The minimum atomic E-state index is 0.0994. The van der Waals surface area contributed by atoms with Crippen molar-refractivity contribution in [1.29, 1.82) is 5.41 Å². The first-order valence-electron chi connectivity index (χ1n) is 10.5. The number of hydrogen-bond donors (Lipinski definition) is 2. The van der Waals surface area contributed by atoms with E-state index in [1.54, 1.807) is 10.9 Å². The summed E-state index contributed by atoms with van der Waals surface area (Å²) in [6, 6.07) is 13.8. The van der Waals surface area contributed by atoms with Crippen LogP contribution in [0.2, 0.25) is 0 Å². The van der Waals surface area contributed by atoms with Crippen molar-refractivity contribution in [3.05, 3.63) is 66.3 Å². The summed E-state index contributed by atoms with van der Waals surface area (Å²) in [5.74, 6) is 1.21. The Morgan fingerprint density at radius 3 is 2.81 bits per heavy atom. The summed E-state index contributed by atoms with van der Waals surface area (Å²) in [6.45, 7) is 1.40. The molecule has 1 fully saturated rings. The zero-order valence-corrected chi connectivity index (χ0v) is 17.4. The van der Waals surface area contributed by atoms with E-state index in [1.165, 1.54) is 0 Å². The first kappa shape index (κ1) is 19.9. The summed E-state index contributed by atoms with van der Waals surface area (Å²) in [5.41, 5.74) is 9.17. The van der Waals surface area contributed by atoms with Crippen LogP contribution in [0.4, 0.5) is 0 Å². The van der Waals surface area contributed by atoms with Gasteiger partial charge in [0.05, 0.1) is 18.4 Å². The summed E-state index contributed by atoms with van der Waals surface area (Å²) < 4.78 is 7.24. The molecule has 10 heteroatoms. The topological polar surface area (TPSA) is 136 Å². The van der Waals surface area contributed by atoms with Gasteiger partial charge >= 0.3 is 0 Å². The fraction of sp³-hybridized carbons (Fsp3) is 0.273. The number of nitrogens with zero attached hydrogens (tertiary/aromatic N) is 7. The molecule has 0 aliphatic carbocycles. The number of pyridine rings is 1. The van der Waals surface area contributed by atoms with Gasteiger partial charge in [-0.15, -0.1) is 5.10 Å². The van der Waals surface area contributed by atoms with E-state index in [4.69, 9.17) is 15.7 Å². The van der Waals surface area contributed by atoms with Crippen LogP contribution in [0, 0.1) is 5.41 Å². The molecule has 3 aromatic heterocycles. The van der Waals surface area contributed by atoms with E-state index in [2.05, 4.69) is 25.4 Å². The Bertz CT molecular complexity index is 1200. The van der Waals surface area contributed by atoms with Crippen LogP contribution in [0.3, 0.4) is 0 Å². The van der Waals surface area contributed by atoms with Crippen LogP contribution in [0.5, 0.6) is 0 Å². The number of nitrogens with one attached hydrogen (secondary N) is 1. The smallest absolute Gasteiger partial charge is 0.229 e. The largest absolute Gasteiger partial charge is 0.370 e. The molecule has 32 heavy (non-hydrogen) atoms. The van der Waals surface area contributed by atoms with Gasteiger partial charge in [0, 0.05) is 30.8 Å². The van der Waals surface area contributed by atoms with Crippen LogP contribution in [0.15, 0.2) is 59.4 Å². The third kappa shape index (κ3) is 4.20. The van der Waals surface area contributed by atoms with Crippen LogP contribution < -0.4 is 5.73 Å². The van der Waals surface area contributed by atoms with Gasteiger partial charge in [-0.2, -0.15) is 4.98 Å². The quantitative estimate of drug-likeness (QED) is 0.352. The van der Waals surface area contributed by atoms with E-state index in [9.17, 15) is 0 Å². The van der Waals surface area contributed by atoms with Gasteiger partial charge in [-0.3, -0.25) is 10.4 Å². The van der Waals surface area contributed by atoms with Gasteiger partial charge < -0.3 is 15.2 Å². The van der Waals surface area contributed by atoms with Crippen molar-refractivity contribution in [2.24, 2.45) is 5.73 Å². The molecular weight excluding hydrogens is 406 g/mol. The zero-order valence-electron chi connectivity index (χ0n) is 17.4. The molecule has 4 heterocycles. The molecule has 1 aliphatic heterocycles. The Labute approximate surface area is 184 Å². The van der Waals surface area contributed by atoms with Gasteiger partial charge in [0.25, 0.3) is 0 Å². The lowest BCUT2D eigenvalue weighted by Gasteiger charge is -2.23. The van der Waals surface area contributed by atoms with Crippen molar-refractivity contribution in [3.8, 4) is 22.8 Å². The maximum Gasteiger partial charge on any atom is 0.229 e. The molecule has 0 radical (unpaired) electrons. The number of benzene rings is 1. The number of aromatic nitrogens is 6. The molecule has 1 aromatic carbocycles. The van der Waals surface area contributed by atoms with Crippen LogP contribution in [0.25, 0.3) is 22.8 Å². The Hall–Kier alpha value is -4.08. The highest BCUT2D eigenvalue weighted by molar-refractivity contribution is 5.75. The molecule has 0 amide bonds. The monoisotopic (exact) mass is 429 g/mol. The number of nitrogens with two attached hydrogens (primary N) is 1. The summed E-state index contributed by atoms with van der Waals surface area (Å²) in [4.78, 5) is 10.7. The van der Waals surface area contributed by atoms with Gasteiger partial charge in [-0.05, 0) is 30.5 Å². The second kappa shape index (κ2) is 8.58. The first-order chi connectivity index (χ1) is 15.7. The first-order valence-corrected chi connectivity index (χ1v) is 10.5. The molecule has 162 valence electrons. The zero-order chi connectivity index (χ0) is 21.9. The lowest BCUT2D eigenvalue weighted by atomic mass is 10.1. The van der Waals surface area contributed by atoms with Crippen molar-refractivity contribution >= 4 is 5.96 Å². The standard InChI is InChI=1S/C22H23N9O/c23-22(24)31-11-3-4-17(31)12-20-26-21(28-32-20)16-8-6-15(7-9-16)13-30-14-19(27-29-30)18-5-1-2-10-25-18/h1-2,5-10,14,17H,3-4,11-13H2,(H3,23,24). The normalized spacial score (nSPS) is 15.9. The Morgan fingerprint density at radius 2 is 2.03 bits per heavy atom. The molecule has 1 saturated heterocycles. The third-order valence-corrected chi connectivity index (χ3v) is 5.59. The maximum absolute atomic E-state index is 7.70. The van der Waals surface area contributed by atoms with Crippen molar-refractivity contribution in [2.45, 2.75) is 31.8 Å². The van der Waals surface area contributed by atoms with E-state index in [-0.39, 0.29) is 12.0 Å². The van der Waals surface area contributed by atoms with Gasteiger partial charge in [-0.1, -0.05) is 40.7 Å². The second-order valence-electron chi connectivity index (χ2n) is 7.80. The van der Waals surface area contributed by atoms with E-state index in [0.717, 1.165) is 41.9 Å². The molecule has 1 aliphatic rings. The molecule has 4 aromatic rings. The Kier molecular flexibility index (Phi) is 5.32. The fourth-order valence-corrected chi connectivity index (χ4v) is 3.98. The number of guanidine groups is 1. The van der Waals surface area contributed by atoms with Crippen LogP contribution in [-0.2, 0) is 13.0 Å². The lowest BCUT2D eigenvalue weighted by Crippen LogP contribution is -2.41. The highest BCUT2D eigenvalue weighted by atomic mass is 16.5. The number of likely N-dealkylation sites (tertiary alicyclic amines) is 1. The van der Waals surface area contributed by atoms with Crippen LogP contribution >= 0.6 is 0 Å². The summed E-state index contributed by atoms with van der Waals surface area (Å²) >= 11 is 0. The van der Waals surface area contributed by atoms with Crippen molar-refractivity contribution in [3.63, 3.8) is 0 Å². The Morgan fingerprint density at radius 1 is 1.16 bits per heavy atom. The molecule has 1 unspecified atom stereocenters. The summed E-state index contributed by atoms with van der Waals surface area (Å²) in [5, 5.41) is 20.2. The lowest BCUT2D eigenvalue weighted by molar-refractivity contribution is 0.320.